The van der Waals surface area contributed by atoms with Gasteiger partial charge in [0.15, 0.2) is 0 Å². The molecule has 17 heavy (non-hydrogen) atoms. The number of nitrogens with zero attached hydrogens (tertiary/aromatic N) is 4. The first-order chi connectivity index (χ1) is 8.34. The molecule has 0 unspecified atom stereocenters. The minimum atomic E-state index is 0.875. The van der Waals surface area contributed by atoms with Crippen molar-refractivity contribution >= 4 is 0 Å². The van der Waals surface area contributed by atoms with Crippen molar-refractivity contribution in [2.24, 2.45) is 0 Å². The van der Waals surface area contributed by atoms with E-state index < -0.39 is 0 Å². The fraction of sp³-hybridized carbons (Fsp3) is 0.667. The number of hydrogen-bond donors (Lipinski definition) is 1. The van der Waals surface area contributed by atoms with Crippen molar-refractivity contribution in [2.45, 2.75) is 6.54 Å². The van der Waals surface area contributed by atoms with Gasteiger partial charge in [-0.1, -0.05) is 0 Å². The summed E-state index contributed by atoms with van der Waals surface area (Å²) in [7, 11) is 2.14. The highest BCUT2D eigenvalue weighted by atomic mass is 15.2. The smallest absolute Gasteiger partial charge is 0.0726 e. The van der Waals surface area contributed by atoms with Crippen LogP contribution in [0.15, 0.2) is 18.6 Å². The third-order valence-corrected chi connectivity index (χ3v) is 3.06. The minimum Gasteiger partial charge on any atom is -0.314 e. The summed E-state index contributed by atoms with van der Waals surface area (Å²) in [6.45, 7) is 7.66. The molecule has 5 heteroatoms. The lowest BCUT2D eigenvalue weighted by atomic mass is 10.3. The minimum absolute atomic E-state index is 0.875. The maximum Gasteiger partial charge on any atom is 0.0726 e. The Morgan fingerprint density at radius 2 is 2.18 bits per heavy atom. The van der Waals surface area contributed by atoms with Gasteiger partial charge < -0.3 is 5.32 Å². The second-order valence-electron chi connectivity index (χ2n) is 4.53. The zero-order valence-electron chi connectivity index (χ0n) is 10.5. The van der Waals surface area contributed by atoms with Gasteiger partial charge in [-0.25, -0.2) is 0 Å². The normalized spacial score (nSPS) is 17.5. The lowest BCUT2D eigenvalue weighted by Gasteiger charge is -2.28. The van der Waals surface area contributed by atoms with E-state index in [9.17, 15) is 0 Å². The van der Waals surface area contributed by atoms with Crippen LogP contribution in [0.4, 0.5) is 0 Å². The van der Waals surface area contributed by atoms with E-state index in [4.69, 9.17) is 0 Å². The summed E-state index contributed by atoms with van der Waals surface area (Å²) in [6, 6.07) is 0. The Morgan fingerprint density at radius 3 is 2.88 bits per heavy atom. The molecule has 5 nitrogen and oxygen atoms in total. The fourth-order valence-corrected chi connectivity index (χ4v) is 2.01. The molecular formula is C12H21N5. The molecule has 1 aromatic rings. The molecule has 0 radical (unpaired) electrons. The SMILES string of the molecule is CN(CCN1CCNCC1)Cc1cnccn1. The van der Waals surface area contributed by atoms with Crippen LogP contribution >= 0.6 is 0 Å². The molecule has 1 N–H and O–H groups in total. The van der Waals surface area contributed by atoms with Gasteiger partial charge in [0.1, 0.15) is 0 Å². The Balaban J connectivity index is 1.68. The largest absolute Gasteiger partial charge is 0.314 e. The zero-order chi connectivity index (χ0) is 11.9. The number of rotatable bonds is 5. The highest BCUT2D eigenvalue weighted by Gasteiger charge is 2.10. The topological polar surface area (TPSA) is 44.3 Å². The molecule has 0 spiro atoms. The summed E-state index contributed by atoms with van der Waals surface area (Å²) < 4.78 is 0. The number of piperazine rings is 1. The van der Waals surface area contributed by atoms with Crippen LogP contribution < -0.4 is 5.32 Å². The van der Waals surface area contributed by atoms with E-state index in [0.717, 1.165) is 38.4 Å². The summed E-state index contributed by atoms with van der Waals surface area (Å²) in [6.07, 6.45) is 5.30. The molecule has 0 bridgehead atoms. The van der Waals surface area contributed by atoms with E-state index in [1.807, 2.05) is 6.20 Å². The Labute approximate surface area is 103 Å². The number of likely N-dealkylation sites (N-methyl/N-ethyl adjacent to an activating group) is 1. The van der Waals surface area contributed by atoms with Crippen LogP contribution in [0.5, 0.6) is 0 Å². The number of nitrogens with one attached hydrogen (secondary N) is 1. The van der Waals surface area contributed by atoms with E-state index >= 15 is 0 Å². The molecule has 0 amide bonds. The van der Waals surface area contributed by atoms with Crippen LogP contribution in [-0.4, -0.2) is 66.1 Å². The lowest BCUT2D eigenvalue weighted by molar-refractivity contribution is 0.201. The second-order valence-corrected chi connectivity index (χ2v) is 4.53. The molecule has 1 aliphatic heterocycles. The third-order valence-electron chi connectivity index (χ3n) is 3.06. The van der Waals surface area contributed by atoms with E-state index in [1.165, 1.54) is 13.1 Å². The van der Waals surface area contributed by atoms with Gasteiger partial charge in [0.05, 0.1) is 5.69 Å². The predicted molar refractivity (Wildman–Crippen MR) is 67.7 cm³/mol. The quantitative estimate of drug-likeness (QED) is 0.766. The van der Waals surface area contributed by atoms with Gasteiger partial charge in [-0.3, -0.25) is 19.8 Å². The van der Waals surface area contributed by atoms with Crippen molar-refractivity contribution in [2.75, 3.05) is 46.3 Å². The average Bonchev–Trinajstić information content (AvgIpc) is 2.39. The van der Waals surface area contributed by atoms with E-state index in [0.29, 0.717) is 0 Å². The van der Waals surface area contributed by atoms with Gasteiger partial charge in [0.25, 0.3) is 0 Å². The van der Waals surface area contributed by atoms with Crippen molar-refractivity contribution in [3.63, 3.8) is 0 Å². The van der Waals surface area contributed by atoms with Crippen LogP contribution in [0.3, 0.4) is 0 Å². The Morgan fingerprint density at radius 1 is 1.35 bits per heavy atom. The van der Waals surface area contributed by atoms with Gasteiger partial charge in [-0.15, -0.1) is 0 Å². The Hall–Kier alpha value is -1.04. The first kappa shape index (κ1) is 12.4. The van der Waals surface area contributed by atoms with Crippen LogP contribution in [0.1, 0.15) is 5.69 Å². The summed E-state index contributed by atoms with van der Waals surface area (Å²) in [5.74, 6) is 0. The van der Waals surface area contributed by atoms with Crippen LogP contribution in [0.2, 0.25) is 0 Å². The first-order valence-corrected chi connectivity index (χ1v) is 6.21. The molecule has 0 aromatic carbocycles. The molecule has 2 rings (SSSR count). The third kappa shape index (κ3) is 4.38. The molecule has 94 valence electrons. The standard InChI is InChI=1S/C12H21N5/c1-16(11-12-10-14-2-3-15-12)8-9-17-6-4-13-5-7-17/h2-3,10,13H,4-9,11H2,1H3. The summed E-state index contributed by atoms with van der Waals surface area (Å²) in [4.78, 5) is 13.2. The fourth-order valence-electron chi connectivity index (χ4n) is 2.01. The van der Waals surface area contributed by atoms with Gasteiger partial charge in [-0.2, -0.15) is 0 Å². The van der Waals surface area contributed by atoms with Gasteiger partial charge in [-0.05, 0) is 7.05 Å². The molecule has 1 saturated heterocycles. The molecule has 0 atom stereocenters. The molecular weight excluding hydrogens is 214 g/mol. The number of hydrogen-bond acceptors (Lipinski definition) is 5. The van der Waals surface area contributed by atoms with Crippen molar-refractivity contribution in [3.05, 3.63) is 24.3 Å². The van der Waals surface area contributed by atoms with Crippen LogP contribution in [-0.2, 0) is 6.54 Å². The average molecular weight is 235 g/mol. The van der Waals surface area contributed by atoms with E-state index in [2.05, 4.69) is 32.1 Å². The van der Waals surface area contributed by atoms with Gasteiger partial charge in [0, 0.05) is 64.4 Å². The molecule has 1 aromatic heterocycles. The van der Waals surface area contributed by atoms with E-state index in [-0.39, 0.29) is 0 Å². The summed E-state index contributed by atoms with van der Waals surface area (Å²) in [5, 5.41) is 3.37. The van der Waals surface area contributed by atoms with Crippen molar-refractivity contribution in [1.82, 2.24) is 25.1 Å². The molecule has 0 aliphatic carbocycles. The van der Waals surface area contributed by atoms with Crippen molar-refractivity contribution < 1.29 is 0 Å². The lowest BCUT2D eigenvalue weighted by Crippen LogP contribution is -2.45. The monoisotopic (exact) mass is 235 g/mol. The Bertz CT molecular complexity index is 310. The van der Waals surface area contributed by atoms with Crippen LogP contribution in [0.25, 0.3) is 0 Å². The predicted octanol–water partition coefficient (Wildman–Crippen LogP) is -0.186. The molecule has 2 heterocycles. The molecule has 0 saturated carbocycles. The summed E-state index contributed by atoms with van der Waals surface area (Å²) in [5.41, 5.74) is 1.04. The highest BCUT2D eigenvalue weighted by molar-refractivity contribution is 4.93. The molecule has 1 aliphatic rings. The van der Waals surface area contributed by atoms with E-state index in [1.54, 1.807) is 12.4 Å². The van der Waals surface area contributed by atoms with Crippen LogP contribution in [0, 0.1) is 0 Å². The Kier molecular flexibility index (Phi) is 4.85. The summed E-state index contributed by atoms with van der Waals surface area (Å²) >= 11 is 0. The maximum absolute atomic E-state index is 4.29. The molecule has 1 fully saturated rings. The highest BCUT2D eigenvalue weighted by Crippen LogP contribution is 1.98. The van der Waals surface area contributed by atoms with Crippen molar-refractivity contribution in [1.29, 1.82) is 0 Å². The number of aromatic nitrogens is 2. The second kappa shape index (κ2) is 6.64. The van der Waals surface area contributed by atoms with Crippen molar-refractivity contribution in [3.8, 4) is 0 Å². The first-order valence-electron chi connectivity index (χ1n) is 6.21. The zero-order valence-corrected chi connectivity index (χ0v) is 10.5. The maximum atomic E-state index is 4.29. The van der Waals surface area contributed by atoms with Gasteiger partial charge >= 0.3 is 0 Å². The van der Waals surface area contributed by atoms with Gasteiger partial charge in [0.2, 0.25) is 0 Å².